The van der Waals surface area contributed by atoms with Crippen LogP contribution in [0.4, 0.5) is 0 Å². The number of ether oxygens (including phenoxy) is 1. The van der Waals surface area contributed by atoms with Crippen LogP contribution in [0, 0.1) is 11.8 Å². The lowest BCUT2D eigenvalue weighted by molar-refractivity contribution is -0.144. The smallest absolute Gasteiger partial charge is 0.323 e. The molecule has 2 rings (SSSR count). The summed E-state index contributed by atoms with van der Waals surface area (Å²) in [5, 5.41) is 3.30. The molecular weight excluding hydrogens is 154 g/mol. The van der Waals surface area contributed by atoms with Gasteiger partial charge in [0.15, 0.2) is 0 Å². The highest BCUT2D eigenvalue weighted by molar-refractivity contribution is 5.76. The van der Waals surface area contributed by atoms with Crippen LogP contribution in [0.3, 0.4) is 0 Å². The van der Waals surface area contributed by atoms with E-state index in [2.05, 4.69) is 12.2 Å². The predicted octanol–water partition coefficient (Wildman–Crippen LogP) is 0.546. The molecule has 68 valence electrons. The zero-order chi connectivity index (χ0) is 8.72. The van der Waals surface area contributed by atoms with Crippen molar-refractivity contribution in [2.45, 2.75) is 31.8 Å². The van der Waals surface area contributed by atoms with Crippen molar-refractivity contribution in [2.75, 3.05) is 7.11 Å². The molecule has 3 heteroatoms. The number of methoxy groups -OCH3 is 1. The first-order valence-electron chi connectivity index (χ1n) is 4.56. The molecule has 1 unspecified atom stereocenters. The van der Waals surface area contributed by atoms with Crippen LogP contribution < -0.4 is 5.32 Å². The van der Waals surface area contributed by atoms with E-state index in [0.29, 0.717) is 17.9 Å². The van der Waals surface area contributed by atoms with Crippen molar-refractivity contribution in [3.05, 3.63) is 0 Å². The van der Waals surface area contributed by atoms with Gasteiger partial charge in [0.05, 0.1) is 7.11 Å². The molecule has 0 radical (unpaired) electrons. The fourth-order valence-corrected chi connectivity index (χ4v) is 2.63. The lowest BCUT2D eigenvalue weighted by Gasteiger charge is -2.25. The Kier molecular flexibility index (Phi) is 1.83. The fourth-order valence-electron chi connectivity index (χ4n) is 2.63. The third kappa shape index (κ3) is 1.04. The highest BCUT2D eigenvalue weighted by atomic mass is 16.5. The molecule has 0 amide bonds. The minimum atomic E-state index is -0.0888. The number of piperidine rings is 1. The van der Waals surface area contributed by atoms with E-state index in [4.69, 9.17) is 4.74 Å². The molecule has 0 aromatic rings. The third-order valence-corrected chi connectivity index (χ3v) is 3.24. The van der Waals surface area contributed by atoms with Gasteiger partial charge in [0.2, 0.25) is 0 Å². The van der Waals surface area contributed by atoms with E-state index in [1.54, 1.807) is 0 Å². The fraction of sp³-hybridized carbons (Fsp3) is 0.889. The molecule has 1 saturated carbocycles. The number of esters is 1. The van der Waals surface area contributed by atoms with Crippen LogP contribution >= 0.6 is 0 Å². The van der Waals surface area contributed by atoms with E-state index in [-0.39, 0.29) is 12.0 Å². The summed E-state index contributed by atoms with van der Waals surface area (Å²) in [5.74, 6) is 1.11. The minimum absolute atomic E-state index is 0.0243. The Bertz CT molecular complexity index is 205. The normalized spacial score (nSPS) is 44.8. The summed E-state index contributed by atoms with van der Waals surface area (Å²) < 4.78 is 4.73. The van der Waals surface area contributed by atoms with Gasteiger partial charge in [-0.25, -0.2) is 0 Å². The molecule has 1 heterocycles. The van der Waals surface area contributed by atoms with Gasteiger partial charge < -0.3 is 10.1 Å². The minimum Gasteiger partial charge on any atom is -0.468 e. The van der Waals surface area contributed by atoms with E-state index < -0.39 is 0 Å². The number of hydrogen-bond acceptors (Lipinski definition) is 3. The van der Waals surface area contributed by atoms with Crippen molar-refractivity contribution in [3.63, 3.8) is 0 Å². The van der Waals surface area contributed by atoms with Crippen LogP contribution in [0.5, 0.6) is 0 Å². The van der Waals surface area contributed by atoms with Crippen molar-refractivity contribution in [1.82, 2.24) is 5.32 Å². The van der Waals surface area contributed by atoms with Gasteiger partial charge in [-0.3, -0.25) is 4.79 Å². The van der Waals surface area contributed by atoms with Gasteiger partial charge in [0, 0.05) is 6.04 Å². The molecule has 1 aliphatic carbocycles. The van der Waals surface area contributed by atoms with Crippen molar-refractivity contribution in [3.8, 4) is 0 Å². The van der Waals surface area contributed by atoms with Gasteiger partial charge in [-0.1, -0.05) is 6.92 Å². The lowest BCUT2D eigenvalue weighted by Crippen LogP contribution is -2.44. The molecule has 0 aromatic carbocycles. The highest BCUT2D eigenvalue weighted by Gasteiger charge is 2.47. The van der Waals surface area contributed by atoms with E-state index >= 15 is 0 Å². The summed E-state index contributed by atoms with van der Waals surface area (Å²) in [4.78, 5) is 11.3. The molecule has 3 nitrogen and oxygen atoms in total. The molecule has 2 aliphatic rings. The van der Waals surface area contributed by atoms with Crippen LogP contribution in [0.25, 0.3) is 0 Å². The summed E-state index contributed by atoms with van der Waals surface area (Å²) in [6, 6.07) is 0.540. The van der Waals surface area contributed by atoms with Crippen LogP contribution in [0.2, 0.25) is 0 Å². The SMILES string of the molecule is COC(=O)[C@H]1N[C@@H]2CC(C)[C@H]1C2. The zero-order valence-corrected chi connectivity index (χ0v) is 7.54. The number of carbonyl (C=O) groups is 1. The van der Waals surface area contributed by atoms with Crippen molar-refractivity contribution < 1.29 is 9.53 Å². The van der Waals surface area contributed by atoms with Crippen LogP contribution in [-0.2, 0) is 9.53 Å². The van der Waals surface area contributed by atoms with Gasteiger partial charge in [0.25, 0.3) is 0 Å². The Hall–Kier alpha value is -0.570. The monoisotopic (exact) mass is 169 g/mol. The average molecular weight is 169 g/mol. The van der Waals surface area contributed by atoms with E-state index in [0.717, 1.165) is 6.42 Å². The molecule has 12 heavy (non-hydrogen) atoms. The first-order chi connectivity index (χ1) is 5.72. The Morgan fingerprint density at radius 3 is 2.75 bits per heavy atom. The summed E-state index contributed by atoms with van der Waals surface area (Å²) in [7, 11) is 1.46. The van der Waals surface area contributed by atoms with Gasteiger partial charge in [-0.2, -0.15) is 0 Å². The van der Waals surface area contributed by atoms with Crippen LogP contribution in [0.1, 0.15) is 19.8 Å². The quantitative estimate of drug-likeness (QED) is 0.582. The standard InChI is InChI=1S/C9H15NO2/c1-5-3-6-4-7(5)8(10-6)9(11)12-2/h5-8,10H,3-4H2,1-2H3/t5?,6-,7-,8+/m1/s1. The predicted molar refractivity (Wildman–Crippen MR) is 44.6 cm³/mol. The molecule has 1 aliphatic heterocycles. The summed E-state index contributed by atoms with van der Waals surface area (Å²) >= 11 is 0. The number of rotatable bonds is 1. The van der Waals surface area contributed by atoms with E-state index in [1.807, 2.05) is 0 Å². The summed E-state index contributed by atoms with van der Waals surface area (Å²) in [6.45, 7) is 2.22. The summed E-state index contributed by atoms with van der Waals surface area (Å²) in [5.41, 5.74) is 0. The maximum Gasteiger partial charge on any atom is 0.323 e. The lowest BCUT2D eigenvalue weighted by atomic mass is 9.90. The van der Waals surface area contributed by atoms with Gasteiger partial charge in [-0.15, -0.1) is 0 Å². The maximum absolute atomic E-state index is 11.3. The maximum atomic E-state index is 11.3. The number of hydrogen-bond donors (Lipinski definition) is 1. The molecule has 0 aromatic heterocycles. The number of fused-ring (bicyclic) bond motifs is 2. The average Bonchev–Trinajstić information content (AvgIpc) is 2.60. The second-order valence-electron chi connectivity index (χ2n) is 3.98. The van der Waals surface area contributed by atoms with Gasteiger partial charge in [0.1, 0.15) is 6.04 Å². The van der Waals surface area contributed by atoms with Crippen LogP contribution in [0.15, 0.2) is 0 Å². The molecule has 0 spiro atoms. The van der Waals surface area contributed by atoms with E-state index in [9.17, 15) is 4.79 Å². The van der Waals surface area contributed by atoms with Crippen molar-refractivity contribution >= 4 is 5.97 Å². The summed E-state index contributed by atoms with van der Waals surface area (Å²) in [6.07, 6.45) is 2.37. The Morgan fingerprint density at radius 1 is 1.50 bits per heavy atom. The van der Waals surface area contributed by atoms with Crippen molar-refractivity contribution in [1.29, 1.82) is 0 Å². The van der Waals surface area contributed by atoms with E-state index in [1.165, 1.54) is 13.5 Å². The first kappa shape index (κ1) is 8.05. The van der Waals surface area contributed by atoms with Crippen molar-refractivity contribution in [2.24, 2.45) is 11.8 Å². The van der Waals surface area contributed by atoms with Gasteiger partial charge in [-0.05, 0) is 24.7 Å². The number of carbonyl (C=O) groups excluding carboxylic acids is 1. The second kappa shape index (κ2) is 2.73. The Morgan fingerprint density at radius 2 is 2.25 bits per heavy atom. The third-order valence-electron chi connectivity index (χ3n) is 3.24. The second-order valence-corrected chi connectivity index (χ2v) is 3.98. The molecular formula is C9H15NO2. The molecule has 2 bridgehead atoms. The molecule has 1 N–H and O–H groups in total. The molecule has 1 saturated heterocycles. The topological polar surface area (TPSA) is 38.3 Å². The largest absolute Gasteiger partial charge is 0.468 e. The highest BCUT2D eigenvalue weighted by Crippen LogP contribution is 2.40. The van der Waals surface area contributed by atoms with Gasteiger partial charge >= 0.3 is 5.97 Å². The van der Waals surface area contributed by atoms with Crippen LogP contribution in [-0.4, -0.2) is 25.2 Å². The zero-order valence-electron chi connectivity index (χ0n) is 7.54. The molecule has 4 atom stereocenters. The Balaban J connectivity index is 2.07. The first-order valence-corrected chi connectivity index (χ1v) is 4.56. The number of nitrogens with one attached hydrogen (secondary N) is 1. The Labute approximate surface area is 72.5 Å². The molecule has 2 fully saturated rings.